The highest BCUT2D eigenvalue weighted by Crippen LogP contribution is 2.41. The van der Waals surface area contributed by atoms with E-state index in [9.17, 15) is 4.79 Å². The molecule has 1 fully saturated rings. The van der Waals surface area contributed by atoms with Gasteiger partial charge in [-0.15, -0.1) is 0 Å². The van der Waals surface area contributed by atoms with Crippen LogP contribution >= 0.6 is 11.6 Å². The number of carbonyl (C=O) groups excluding carboxylic acids is 1. The summed E-state index contributed by atoms with van der Waals surface area (Å²) in [5.41, 5.74) is 4.20. The van der Waals surface area contributed by atoms with Gasteiger partial charge < -0.3 is 0 Å². The highest BCUT2D eigenvalue weighted by atomic mass is 35.5. The lowest BCUT2D eigenvalue weighted by molar-refractivity contribution is -0.140. The summed E-state index contributed by atoms with van der Waals surface area (Å²) in [6.07, 6.45) is 3.79. The zero-order chi connectivity index (χ0) is 16.1. The Labute approximate surface area is 141 Å². The van der Waals surface area contributed by atoms with E-state index < -0.39 is 5.41 Å². The quantitative estimate of drug-likeness (QED) is 0.826. The van der Waals surface area contributed by atoms with Gasteiger partial charge >= 0.3 is 0 Å². The zero-order valence-electron chi connectivity index (χ0n) is 12.9. The molecule has 0 saturated heterocycles. The van der Waals surface area contributed by atoms with E-state index in [2.05, 4.69) is 5.48 Å². The van der Waals surface area contributed by atoms with Crippen LogP contribution in [0.15, 0.2) is 54.6 Å². The van der Waals surface area contributed by atoms with Crippen molar-refractivity contribution in [2.75, 3.05) is 0 Å². The molecule has 1 aliphatic rings. The predicted molar refractivity (Wildman–Crippen MR) is 91.0 cm³/mol. The number of amides is 1. The van der Waals surface area contributed by atoms with Crippen LogP contribution in [0.2, 0.25) is 5.02 Å². The van der Waals surface area contributed by atoms with Crippen molar-refractivity contribution in [3.63, 3.8) is 0 Å². The van der Waals surface area contributed by atoms with Gasteiger partial charge in [-0.25, -0.2) is 5.48 Å². The molecule has 0 heterocycles. The molecule has 1 amide bonds. The summed E-state index contributed by atoms with van der Waals surface area (Å²) in [7, 11) is 0. The minimum atomic E-state index is -0.499. The van der Waals surface area contributed by atoms with Crippen molar-refractivity contribution in [3.8, 4) is 0 Å². The first-order chi connectivity index (χ1) is 11.2. The third-order valence-corrected chi connectivity index (χ3v) is 4.79. The lowest BCUT2D eigenvalue weighted by Crippen LogP contribution is -2.42. The van der Waals surface area contributed by atoms with Crippen molar-refractivity contribution in [1.82, 2.24) is 5.48 Å². The second-order valence-electron chi connectivity index (χ2n) is 6.00. The van der Waals surface area contributed by atoms with Gasteiger partial charge in [-0.2, -0.15) is 0 Å². The first-order valence-electron chi connectivity index (χ1n) is 7.93. The zero-order valence-corrected chi connectivity index (χ0v) is 13.7. The molecule has 0 bridgehead atoms. The molecular weight excluding hydrogens is 310 g/mol. The van der Waals surface area contributed by atoms with E-state index in [1.165, 1.54) is 0 Å². The average molecular weight is 330 g/mol. The van der Waals surface area contributed by atoms with Gasteiger partial charge in [-0.1, -0.05) is 66.9 Å². The van der Waals surface area contributed by atoms with Gasteiger partial charge in [0.2, 0.25) is 0 Å². The van der Waals surface area contributed by atoms with Crippen molar-refractivity contribution in [3.05, 3.63) is 70.7 Å². The maximum absolute atomic E-state index is 12.8. The molecule has 4 heteroatoms. The summed E-state index contributed by atoms with van der Waals surface area (Å²) < 4.78 is 0. The van der Waals surface area contributed by atoms with Crippen LogP contribution in [0, 0.1) is 0 Å². The largest absolute Gasteiger partial charge is 0.272 e. The van der Waals surface area contributed by atoms with E-state index in [0.717, 1.165) is 36.8 Å². The first kappa shape index (κ1) is 16.0. The van der Waals surface area contributed by atoms with E-state index in [0.29, 0.717) is 11.6 Å². The Hall–Kier alpha value is -1.84. The molecule has 3 nitrogen and oxygen atoms in total. The van der Waals surface area contributed by atoms with Gasteiger partial charge in [0.1, 0.15) is 0 Å². The van der Waals surface area contributed by atoms with E-state index >= 15 is 0 Å². The van der Waals surface area contributed by atoms with Crippen molar-refractivity contribution >= 4 is 17.5 Å². The van der Waals surface area contributed by atoms with Crippen molar-refractivity contribution in [2.45, 2.75) is 37.7 Å². The summed E-state index contributed by atoms with van der Waals surface area (Å²) >= 11 is 5.97. The number of halogens is 1. The van der Waals surface area contributed by atoms with Crippen LogP contribution in [0.25, 0.3) is 0 Å². The van der Waals surface area contributed by atoms with Gasteiger partial charge in [0, 0.05) is 5.02 Å². The number of hydroxylamine groups is 1. The number of hydrogen-bond donors (Lipinski definition) is 1. The molecule has 1 N–H and O–H groups in total. The molecule has 0 radical (unpaired) electrons. The van der Waals surface area contributed by atoms with Crippen LogP contribution in [0.1, 0.15) is 36.8 Å². The molecular formula is C19H20ClNO2. The summed E-state index contributed by atoms with van der Waals surface area (Å²) in [6.45, 7) is 0.364. The number of nitrogens with one attached hydrogen (secondary N) is 1. The van der Waals surface area contributed by atoms with Gasteiger partial charge in [0.25, 0.3) is 5.91 Å². The van der Waals surface area contributed by atoms with Crippen LogP contribution in [-0.2, 0) is 21.7 Å². The number of benzene rings is 2. The van der Waals surface area contributed by atoms with E-state index in [1.807, 2.05) is 54.6 Å². The summed E-state index contributed by atoms with van der Waals surface area (Å²) in [4.78, 5) is 18.2. The lowest BCUT2D eigenvalue weighted by Gasteiger charge is -2.28. The van der Waals surface area contributed by atoms with Crippen LogP contribution in [0.3, 0.4) is 0 Å². The minimum Gasteiger partial charge on any atom is -0.272 e. The minimum absolute atomic E-state index is 0.0618. The number of carbonyl (C=O) groups is 1. The molecule has 0 aromatic heterocycles. The van der Waals surface area contributed by atoms with Gasteiger partial charge in [-0.05, 0) is 36.1 Å². The second kappa shape index (κ2) is 7.16. The summed E-state index contributed by atoms with van der Waals surface area (Å²) in [5, 5.41) is 0.683. The Balaban J connectivity index is 1.68. The molecule has 120 valence electrons. The Morgan fingerprint density at radius 2 is 1.70 bits per heavy atom. The number of rotatable bonds is 5. The second-order valence-corrected chi connectivity index (χ2v) is 6.44. The van der Waals surface area contributed by atoms with Gasteiger partial charge in [0.05, 0.1) is 12.0 Å². The number of hydrogen-bond acceptors (Lipinski definition) is 2. The predicted octanol–water partition coefficient (Wildman–Crippen LogP) is 4.40. The fourth-order valence-electron chi connectivity index (χ4n) is 3.25. The molecule has 0 unspecified atom stereocenters. The van der Waals surface area contributed by atoms with E-state index in [1.54, 1.807) is 0 Å². The molecule has 0 spiro atoms. The van der Waals surface area contributed by atoms with Crippen LogP contribution in [0.5, 0.6) is 0 Å². The van der Waals surface area contributed by atoms with Crippen molar-refractivity contribution in [2.24, 2.45) is 0 Å². The highest BCUT2D eigenvalue weighted by Gasteiger charge is 2.42. The van der Waals surface area contributed by atoms with Crippen LogP contribution in [-0.4, -0.2) is 5.91 Å². The SMILES string of the molecule is O=C(NOCc1ccccc1)C1(c2ccc(Cl)cc2)CCCC1. The van der Waals surface area contributed by atoms with Crippen LogP contribution < -0.4 is 5.48 Å². The fraction of sp³-hybridized carbons (Fsp3) is 0.316. The Morgan fingerprint density at radius 1 is 1.04 bits per heavy atom. The van der Waals surface area contributed by atoms with Gasteiger partial charge in [-0.3, -0.25) is 9.63 Å². The molecule has 3 rings (SSSR count). The third-order valence-electron chi connectivity index (χ3n) is 4.54. The average Bonchev–Trinajstić information content (AvgIpc) is 3.07. The van der Waals surface area contributed by atoms with Crippen molar-refractivity contribution < 1.29 is 9.63 Å². The van der Waals surface area contributed by atoms with Crippen LogP contribution in [0.4, 0.5) is 0 Å². The molecule has 0 aliphatic heterocycles. The lowest BCUT2D eigenvalue weighted by atomic mass is 9.78. The Morgan fingerprint density at radius 3 is 2.35 bits per heavy atom. The first-order valence-corrected chi connectivity index (χ1v) is 8.31. The van der Waals surface area contributed by atoms with E-state index in [-0.39, 0.29) is 5.91 Å². The molecule has 2 aromatic carbocycles. The third kappa shape index (κ3) is 3.57. The maximum atomic E-state index is 12.8. The molecule has 0 atom stereocenters. The molecule has 23 heavy (non-hydrogen) atoms. The Bertz CT molecular complexity index is 649. The monoisotopic (exact) mass is 329 g/mol. The van der Waals surface area contributed by atoms with Crippen molar-refractivity contribution in [1.29, 1.82) is 0 Å². The fourth-order valence-corrected chi connectivity index (χ4v) is 3.38. The normalized spacial score (nSPS) is 16.2. The molecule has 1 aliphatic carbocycles. The molecule has 1 saturated carbocycles. The molecule has 2 aromatic rings. The summed E-state index contributed by atoms with van der Waals surface area (Å²) in [5.74, 6) is -0.0618. The standard InChI is InChI=1S/C19H20ClNO2/c20-17-10-8-16(9-11-17)19(12-4-5-13-19)18(22)21-23-14-15-6-2-1-3-7-15/h1-3,6-11H,4-5,12-14H2,(H,21,22). The van der Waals surface area contributed by atoms with E-state index in [4.69, 9.17) is 16.4 Å². The maximum Gasteiger partial charge on any atom is 0.254 e. The highest BCUT2D eigenvalue weighted by molar-refractivity contribution is 6.30. The smallest absolute Gasteiger partial charge is 0.254 e. The van der Waals surface area contributed by atoms with Gasteiger partial charge in [0.15, 0.2) is 0 Å². The Kier molecular flexibility index (Phi) is 4.99. The summed E-state index contributed by atoms with van der Waals surface area (Å²) in [6, 6.07) is 17.4. The topological polar surface area (TPSA) is 38.3 Å².